The first kappa shape index (κ1) is 18.2. The van der Waals surface area contributed by atoms with Crippen molar-refractivity contribution < 1.29 is 22.7 Å². The first-order valence-corrected chi connectivity index (χ1v) is 7.34. The van der Waals surface area contributed by atoms with Crippen LogP contribution in [-0.4, -0.2) is 5.24 Å². The zero-order chi connectivity index (χ0) is 17.4. The summed E-state index contributed by atoms with van der Waals surface area (Å²) in [5.41, 5.74) is -1.03. The molecular weight excluding hydrogens is 399 g/mol. The Kier molecular flexibility index (Phi) is 5.36. The maximum Gasteiger partial charge on any atom is 0.416 e. The average molecular weight is 404 g/mol. The van der Waals surface area contributed by atoms with E-state index in [-0.39, 0.29) is 32.1 Å². The summed E-state index contributed by atoms with van der Waals surface area (Å²) >= 11 is 22.7. The number of benzene rings is 2. The van der Waals surface area contributed by atoms with Crippen molar-refractivity contribution in [2.24, 2.45) is 0 Å². The maximum atomic E-state index is 12.7. The number of carbonyl (C=O) groups is 1. The maximum absolute atomic E-state index is 12.7. The molecule has 0 spiro atoms. The van der Waals surface area contributed by atoms with Gasteiger partial charge in [0.2, 0.25) is 0 Å². The van der Waals surface area contributed by atoms with E-state index in [0.717, 1.165) is 0 Å². The molecule has 0 aromatic heterocycles. The van der Waals surface area contributed by atoms with E-state index in [2.05, 4.69) is 0 Å². The van der Waals surface area contributed by atoms with Gasteiger partial charge in [0.25, 0.3) is 5.24 Å². The van der Waals surface area contributed by atoms with Crippen LogP contribution in [0.1, 0.15) is 15.9 Å². The lowest BCUT2D eigenvalue weighted by atomic mass is 10.2. The van der Waals surface area contributed by atoms with Crippen LogP contribution in [0, 0.1) is 0 Å². The van der Waals surface area contributed by atoms with Crippen molar-refractivity contribution in [2.45, 2.75) is 6.18 Å². The number of rotatable bonds is 3. The number of alkyl halides is 3. The molecule has 2 aromatic rings. The van der Waals surface area contributed by atoms with Gasteiger partial charge in [-0.05, 0) is 41.9 Å². The van der Waals surface area contributed by atoms with Gasteiger partial charge in [0.15, 0.2) is 5.75 Å². The van der Waals surface area contributed by atoms with E-state index < -0.39 is 17.0 Å². The highest BCUT2D eigenvalue weighted by molar-refractivity contribution is 6.68. The van der Waals surface area contributed by atoms with Crippen LogP contribution in [0.5, 0.6) is 11.5 Å². The van der Waals surface area contributed by atoms with Crippen molar-refractivity contribution in [2.75, 3.05) is 0 Å². The molecule has 0 atom stereocenters. The lowest BCUT2D eigenvalue weighted by molar-refractivity contribution is -0.137. The van der Waals surface area contributed by atoms with Gasteiger partial charge < -0.3 is 4.74 Å². The minimum Gasteiger partial charge on any atom is -0.454 e. The van der Waals surface area contributed by atoms with Crippen LogP contribution in [0.15, 0.2) is 30.3 Å². The molecular formula is C14H5Cl4F3O2. The molecule has 23 heavy (non-hydrogen) atoms. The van der Waals surface area contributed by atoms with Gasteiger partial charge in [0, 0.05) is 0 Å². The summed E-state index contributed by atoms with van der Waals surface area (Å²) in [6.45, 7) is 0. The Morgan fingerprint density at radius 1 is 0.957 bits per heavy atom. The Labute approximate surface area is 148 Å². The smallest absolute Gasteiger partial charge is 0.416 e. The van der Waals surface area contributed by atoms with Gasteiger partial charge in [-0.25, -0.2) is 0 Å². The van der Waals surface area contributed by atoms with Crippen LogP contribution >= 0.6 is 46.4 Å². The van der Waals surface area contributed by atoms with Crippen molar-refractivity contribution in [3.05, 3.63) is 56.5 Å². The van der Waals surface area contributed by atoms with E-state index in [4.69, 9.17) is 51.1 Å². The van der Waals surface area contributed by atoms with E-state index in [9.17, 15) is 18.0 Å². The zero-order valence-corrected chi connectivity index (χ0v) is 13.9. The molecule has 0 amide bonds. The molecule has 0 N–H and O–H groups in total. The normalized spacial score (nSPS) is 11.4. The summed E-state index contributed by atoms with van der Waals surface area (Å²) in [5.74, 6) is -0.0985. The summed E-state index contributed by atoms with van der Waals surface area (Å²) < 4.78 is 43.4. The molecule has 122 valence electrons. The highest BCUT2D eigenvalue weighted by Crippen LogP contribution is 2.42. The van der Waals surface area contributed by atoms with Gasteiger partial charge in [-0.1, -0.05) is 34.8 Å². The molecule has 9 heteroatoms. The third-order valence-electron chi connectivity index (χ3n) is 2.70. The summed E-state index contributed by atoms with van der Waals surface area (Å²) in [6, 6.07) is 5.33. The standard InChI is InChI=1S/C14H5Cl4F3O2/c15-9-2-1-7(5-8(9)13(18)22)23-12-10(16)3-6(4-11(12)17)14(19,20)21/h1-5H. The van der Waals surface area contributed by atoms with E-state index >= 15 is 0 Å². The minimum absolute atomic E-state index is 0.0232. The first-order chi connectivity index (χ1) is 10.6. The van der Waals surface area contributed by atoms with E-state index in [1.165, 1.54) is 18.2 Å². The third kappa shape index (κ3) is 4.23. The van der Waals surface area contributed by atoms with Gasteiger partial charge in [-0.15, -0.1) is 0 Å². The third-order valence-corrected chi connectivity index (χ3v) is 3.79. The molecule has 2 nitrogen and oxygen atoms in total. The SMILES string of the molecule is O=C(Cl)c1cc(Oc2c(Cl)cc(C(F)(F)F)cc2Cl)ccc1Cl. The predicted octanol–water partition coefficient (Wildman–Crippen LogP) is 6.84. The Balaban J connectivity index is 2.42. The molecule has 2 rings (SSSR count). The number of ether oxygens (including phenoxy) is 1. The molecule has 0 saturated heterocycles. The molecule has 0 heterocycles. The van der Waals surface area contributed by atoms with Crippen LogP contribution in [0.3, 0.4) is 0 Å². The van der Waals surface area contributed by atoms with E-state index in [0.29, 0.717) is 12.1 Å². The largest absolute Gasteiger partial charge is 0.454 e. The number of carbonyl (C=O) groups excluding carboxylic acids is 1. The molecule has 2 aromatic carbocycles. The first-order valence-electron chi connectivity index (χ1n) is 5.83. The van der Waals surface area contributed by atoms with Gasteiger partial charge in [0.1, 0.15) is 5.75 Å². The molecule has 0 radical (unpaired) electrons. The lowest BCUT2D eigenvalue weighted by Gasteiger charge is -2.13. The van der Waals surface area contributed by atoms with Crippen molar-refractivity contribution >= 4 is 51.6 Å². The molecule has 0 bridgehead atoms. The summed E-state index contributed by atoms with van der Waals surface area (Å²) in [6.07, 6.45) is -4.59. The monoisotopic (exact) mass is 402 g/mol. The van der Waals surface area contributed by atoms with Crippen molar-refractivity contribution in [3.63, 3.8) is 0 Å². The van der Waals surface area contributed by atoms with Crippen LogP contribution in [0.2, 0.25) is 15.1 Å². The van der Waals surface area contributed by atoms with Crippen LogP contribution < -0.4 is 4.74 Å². The highest BCUT2D eigenvalue weighted by atomic mass is 35.5. The van der Waals surface area contributed by atoms with Gasteiger partial charge in [0.05, 0.1) is 26.2 Å². The van der Waals surface area contributed by atoms with Gasteiger partial charge >= 0.3 is 6.18 Å². The number of hydrogen-bond acceptors (Lipinski definition) is 2. The predicted molar refractivity (Wildman–Crippen MR) is 83.2 cm³/mol. The van der Waals surface area contributed by atoms with Crippen molar-refractivity contribution in [1.29, 1.82) is 0 Å². The number of hydrogen-bond donors (Lipinski definition) is 0. The Morgan fingerprint density at radius 2 is 1.52 bits per heavy atom. The fourth-order valence-electron chi connectivity index (χ4n) is 1.66. The van der Waals surface area contributed by atoms with E-state index in [1.54, 1.807) is 0 Å². The summed E-state index contributed by atoms with van der Waals surface area (Å²) in [5, 5.41) is -1.39. The molecule has 0 aliphatic carbocycles. The fourth-order valence-corrected chi connectivity index (χ4v) is 2.63. The average Bonchev–Trinajstić information content (AvgIpc) is 2.43. The summed E-state index contributed by atoms with van der Waals surface area (Å²) in [4.78, 5) is 11.2. The van der Waals surface area contributed by atoms with Crippen LogP contribution in [0.4, 0.5) is 13.2 Å². The van der Waals surface area contributed by atoms with Crippen molar-refractivity contribution in [1.82, 2.24) is 0 Å². The van der Waals surface area contributed by atoms with Gasteiger partial charge in [-0.3, -0.25) is 4.79 Å². The molecule has 0 aliphatic heterocycles. The molecule has 0 fully saturated rings. The van der Waals surface area contributed by atoms with Crippen molar-refractivity contribution in [3.8, 4) is 11.5 Å². The lowest BCUT2D eigenvalue weighted by Crippen LogP contribution is -2.05. The Bertz CT molecular complexity index is 752. The fraction of sp³-hybridized carbons (Fsp3) is 0.0714. The van der Waals surface area contributed by atoms with Gasteiger partial charge in [-0.2, -0.15) is 13.2 Å². The number of halogens is 7. The summed E-state index contributed by atoms with van der Waals surface area (Å²) in [7, 11) is 0. The zero-order valence-electron chi connectivity index (χ0n) is 10.8. The molecule has 0 unspecified atom stereocenters. The van der Waals surface area contributed by atoms with E-state index in [1.807, 2.05) is 0 Å². The van der Waals surface area contributed by atoms with Crippen LogP contribution in [0.25, 0.3) is 0 Å². The molecule has 0 aliphatic rings. The second kappa shape index (κ2) is 6.77. The Hall–Kier alpha value is -1.14. The Morgan fingerprint density at radius 3 is 2.00 bits per heavy atom. The second-order valence-corrected chi connectivity index (χ2v) is 5.85. The molecule has 0 saturated carbocycles. The van der Waals surface area contributed by atoms with Crippen LogP contribution in [-0.2, 0) is 6.18 Å². The highest BCUT2D eigenvalue weighted by Gasteiger charge is 2.32. The second-order valence-electron chi connectivity index (χ2n) is 4.28. The quantitative estimate of drug-likeness (QED) is 0.524. The topological polar surface area (TPSA) is 26.3 Å². The minimum atomic E-state index is -4.59.